The van der Waals surface area contributed by atoms with Crippen molar-refractivity contribution in [3.63, 3.8) is 0 Å². The number of sulfone groups is 1. The molecular formula is C30H28F2N4O4S. The minimum absolute atomic E-state index is 0.175. The summed E-state index contributed by atoms with van der Waals surface area (Å²) in [6, 6.07) is 12.0. The van der Waals surface area contributed by atoms with Crippen LogP contribution in [-0.2, 0) is 16.3 Å². The second-order valence-electron chi connectivity index (χ2n) is 9.54. The highest BCUT2D eigenvalue weighted by atomic mass is 32.2. The maximum absolute atomic E-state index is 14.1. The van der Waals surface area contributed by atoms with Gasteiger partial charge >= 0.3 is 0 Å². The van der Waals surface area contributed by atoms with Crippen LogP contribution in [0.5, 0.6) is 5.88 Å². The van der Waals surface area contributed by atoms with Crippen molar-refractivity contribution in [2.45, 2.75) is 62.3 Å². The predicted molar refractivity (Wildman–Crippen MR) is 148 cm³/mol. The lowest BCUT2D eigenvalue weighted by atomic mass is 10.0. The molecule has 0 aliphatic heterocycles. The Labute approximate surface area is 236 Å². The molecule has 0 spiro atoms. The van der Waals surface area contributed by atoms with E-state index in [0.29, 0.717) is 35.1 Å². The first-order valence-corrected chi connectivity index (χ1v) is 14.5. The number of hydrogen-bond acceptors (Lipinski definition) is 7. The van der Waals surface area contributed by atoms with E-state index in [1.807, 2.05) is 6.92 Å². The number of aryl methyl sites for hydroxylation is 1. The van der Waals surface area contributed by atoms with Crippen LogP contribution in [0.25, 0.3) is 11.1 Å². The van der Waals surface area contributed by atoms with Crippen LogP contribution >= 0.6 is 0 Å². The molecule has 0 bridgehead atoms. The first-order valence-electron chi connectivity index (χ1n) is 13.1. The molecular weight excluding hydrogens is 550 g/mol. The van der Waals surface area contributed by atoms with E-state index in [4.69, 9.17) is 0 Å². The number of rotatable bonds is 9. The van der Waals surface area contributed by atoms with Crippen LogP contribution in [0, 0.1) is 30.0 Å². The smallest absolute Gasteiger partial charge is 0.296 e. The Balaban J connectivity index is 1.88. The quantitative estimate of drug-likeness (QED) is 0.255. The molecule has 0 saturated carbocycles. The molecule has 4 rings (SSSR count). The first-order chi connectivity index (χ1) is 19.5. The van der Waals surface area contributed by atoms with Gasteiger partial charge in [0.2, 0.25) is 21.7 Å². The molecule has 4 aromatic rings. The van der Waals surface area contributed by atoms with E-state index >= 15 is 0 Å². The van der Waals surface area contributed by atoms with Crippen LogP contribution in [0.4, 0.5) is 8.78 Å². The monoisotopic (exact) mass is 578 g/mol. The van der Waals surface area contributed by atoms with Gasteiger partial charge in [-0.25, -0.2) is 17.8 Å². The fourth-order valence-corrected chi connectivity index (χ4v) is 6.12. The number of pyridine rings is 1. The van der Waals surface area contributed by atoms with Gasteiger partial charge in [-0.05, 0) is 66.8 Å². The van der Waals surface area contributed by atoms with Crippen molar-refractivity contribution in [2.24, 2.45) is 0 Å². The van der Waals surface area contributed by atoms with Gasteiger partial charge in [-0.15, -0.1) is 0 Å². The SMILES string of the molecule is CCCCc1nc(=O)c(S(=O)(=O)c2ccc(-c3ccnc(F)c3C)cc2)c(O)n1[C@@H](CC)c1ccc(F)c(C#N)c1. The zero-order chi connectivity index (χ0) is 29.9. The van der Waals surface area contributed by atoms with E-state index in [-0.39, 0.29) is 22.7 Å². The molecule has 1 atom stereocenters. The highest BCUT2D eigenvalue weighted by Crippen LogP contribution is 2.34. The van der Waals surface area contributed by atoms with Crippen LogP contribution < -0.4 is 5.56 Å². The molecule has 0 radical (unpaired) electrons. The highest BCUT2D eigenvalue weighted by Gasteiger charge is 2.32. The van der Waals surface area contributed by atoms with E-state index in [2.05, 4.69) is 9.97 Å². The van der Waals surface area contributed by atoms with Gasteiger partial charge < -0.3 is 5.11 Å². The fourth-order valence-electron chi connectivity index (χ4n) is 4.78. The number of hydrogen-bond donors (Lipinski definition) is 1. The maximum atomic E-state index is 14.1. The van der Waals surface area contributed by atoms with Crippen molar-refractivity contribution in [1.82, 2.24) is 14.5 Å². The Bertz CT molecular complexity index is 1810. The number of halogens is 2. The summed E-state index contributed by atoms with van der Waals surface area (Å²) >= 11 is 0. The van der Waals surface area contributed by atoms with Gasteiger partial charge in [-0.2, -0.15) is 14.6 Å². The number of benzene rings is 2. The van der Waals surface area contributed by atoms with Crippen LogP contribution in [0.15, 0.2) is 69.3 Å². The Hall–Kier alpha value is -4.43. The molecule has 1 N–H and O–H groups in total. The molecule has 41 heavy (non-hydrogen) atoms. The third-order valence-corrected chi connectivity index (χ3v) is 8.76. The molecule has 0 aliphatic carbocycles. The number of aromatic nitrogens is 3. The minimum Gasteiger partial charge on any atom is -0.493 e. The molecule has 2 aromatic carbocycles. The minimum atomic E-state index is -4.57. The van der Waals surface area contributed by atoms with Gasteiger partial charge in [0.25, 0.3) is 5.56 Å². The van der Waals surface area contributed by atoms with Crippen LogP contribution in [0.2, 0.25) is 0 Å². The lowest BCUT2D eigenvalue weighted by Gasteiger charge is -2.25. The zero-order valence-electron chi connectivity index (χ0n) is 22.7. The van der Waals surface area contributed by atoms with E-state index in [0.717, 1.165) is 12.5 Å². The highest BCUT2D eigenvalue weighted by molar-refractivity contribution is 7.91. The number of nitrogens with zero attached hydrogens (tertiary/aromatic N) is 4. The van der Waals surface area contributed by atoms with E-state index in [9.17, 15) is 32.4 Å². The zero-order valence-corrected chi connectivity index (χ0v) is 23.5. The lowest BCUT2D eigenvalue weighted by Crippen LogP contribution is -2.27. The molecule has 2 heterocycles. The number of unbranched alkanes of at least 4 members (excludes halogenated alkanes) is 1. The van der Waals surface area contributed by atoms with Gasteiger partial charge in [0.15, 0.2) is 4.90 Å². The largest absolute Gasteiger partial charge is 0.493 e. The summed E-state index contributed by atoms with van der Waals surface area (Å²) in [5.74, 6) is -1.97. The van der Waals surface area contributed by atoms with Gasteiger partial charge in [0.1, 0.15) is 17.7 Å². The maximum Gasteiger partial charge on any atom is 0.296 e. The van der Waals surface area contributed by atoms with E-state index in [1.54, 1.807) is 26.0 Å². The third kappa shape index (κ3) is 5.60. The second kappa shape index (κ2) is 12.0. The van der Waals surface area contributed by atoms with E-state index < -0.39 is 44.0 Å². The van der Waals surface area contributed by atoms with Crippen molar-refractivity contribution in [1.29, 1.82) is 5.26 Å². The molecule has 0 fully saturated rings. The molecule has 2 aromatic heterocycles. The Morgan fingerprint density at radius 2 is 1.80 bits per heavy atom. The van der Waals surface area contributed by atoms with Gasteiger partial charge in [-0.3, -0.25) is 9.36 Å². The summed E-state index contributed by atoms with van der Waals surface area (Å²) in [6.07, 6.45) is 3.25. The summed E-state index contributed by atoms with van der Waals surface area (Å²) < 4.78 is 56.8. The normalized spacial score (nSPS) is 12.2. The molecule has 212 valence electrons. The first kappa shape index (κ1) is 29.6. The van der Waals surface area contributed by atoms with Crippen molar-refractivity contribution in [3.8, 4) is 23.1 Å². The van der Waals surface area contributed by atoms with Gasteiger partial charge in [0, 0.05) is 18.2 Å². The topological polar surface area (TPSA) is 126 Å². The molecule has 0 amide bonds. The summed E-state index contributed by atoms with van der Waals surface area (Å²) in [5, 5.41) is 20.8. The summed E-state index contributed by atoms with van der Waals surface area (Å²) in [5.41, 5.74) is 0.482. The summed E-state index contributed by atoms with van der Waals surface area (Å²) in [7, 11) is -4.57. The average Bonchev–Trinajstić information content (AvgIpc) is 2.95. The molecule has 0 saturated heterocycles. The summed E-state index contributed by atoms with van der Waals surface area (Å²) in [4.78, 5) is 19.7. The third-order valence-electron chi connectivity index (χ3n) is 6.97. The Kier molecular flexibility index (Phi) is 8.63. The van der Waals surface area contributed by atoms with Crippen molar-refractivity contribution in [2.75, 3.05) is 0 Å². The van der Waals surface area contributed by atoms with E-state index in [1.165, 1.54) is 47.2 Å². The van der Waals surface area contributed by atoms with Crippen molar-refractivity contribution in [3.05, 3.63) is 99.4 Å². The van der Waals surface area contributed by atoms with Crippen molar-refractivity contribution >= 4 is 9.84 Å². The van der Waals surface area contributed by atoms with Gasteiger partial charge in [-0.1, -0.05) is 38.5 Å². The number of aromatic hydroxyl groups is 1. The lowest BCUT2D eigenvalue weighted by molar-refractivity contribution is 0.358. The standard InChI is InChI=1S/C30H28F2N4O4S/c1-4-6-7-26-35-29(37)27(30(38)36(26)25(5-2)20-10-13-24(31)21(16-20)17-33)41(39,40)22-11-8-19(9-12-22)23-14-15-34-28(32)18(23)3/h8-16,25,38H,4-7H2,1-3H3/t25-/m0/s1. The molecule has 8 nitrogen and oxygen atoms in total. The fraction of sp³-hybridized carbons (Fsp3) is 0.267. The molecule has 11 heteroatoms. The average molecular weight is 579 g/mol. The Morgan fingerprint density at radius 1 is 1.10 bits per heavy atom. The van der Waals surface area contributed by atoms with Crippen LogP contribution in [0.3, 0.4) is 0 Å². The molecule has 0 aliphatic rings. The van der Waals surface area contributed by atoms with Crippen LogP contribution in [0.1, 0.15) is 61.7 Å². The summed E-state index contributed by atoms with van der Waals surface area (Å²) in [6.45, 7) is 5.26. The number of nitriles is 1. The molecule has 0 unspecified atom stereocenters. The Morgan fingerprint density at radius 3 is 2.44 bits per heavy atom. The second-order valence-corrected chi connectivity index (χ2v) is 11.4. The van der Waals surface area contributed by atoms with Crippen molar-refractivity contribution < 1.29 is 22.3 Å². The predicted octanol–water partition coefficient (Wildman–Crippen LogP) is 5.64. The van der Waals surface area contributed by atoms with Crippen LogP contribution in [-0.4, -0.2) is 28.1 Å². The van der Waals surface area contributed by atoms with Gasteiger partial charge in [0.05, 0.1) is 16.5 Å².